The van der Waals surface area contributed by atoms with Gasteiger partial charge in [0.15, 0.2) is 0 Å². The number of benzene rings is 1. The van der Waals surface area contributed by atoms with Crippen LogP contribution in [0.5, 0.6) is 17.2 Å². The van der Waals surface area contributed by atoms with Gasteiger partial charge in [0.2, 0.25) is 0 Å². The van der Waals surface area contributed by atoms with Crippen molar-refractivity contribution in [1.29, 1.82) is 0 Å². The van der Waals surface area contributed by atoms with Gasteiger partial charge >= 0.3 is 5.97 Å². The van der Waals surface area contributed by atoms with Crippen LogP contribution in [0.25, 0.3) is 0 Å². The molecule has 1 aromatic rings. The van der Waals surface area contributed by atoms with Gasteiger partial charge in [0, 0.05) is 12.1 Å². The quantitative estimate of drug-likeness (QED) is 0.599. The first kappa shape index (κ1) is 14.1. The summed E-state index contributed by atoms with van der Waals surface area (Å²) in [5, 5.41) is 28.6. The molecule has 0 radical (unpaired) electrons. The minimum atomic E-state index is -1.14. The number of phenols is 3. The summed E-state index contributed by atoms with van der Waals surface area (Å²) in [5.74, 6) is -1.62. The highest BCUT2D eigenvalue weighted by Gasteiger charge is 2.39. The van der Waals surface area contributed by atoms with E-state index in [0.717, 1.165) is 12.1 Å². The number of carbonyl (C=O) groups excluding carboxylic acids is 1. The number of aromatic hydroxyl groups is 3. The largest absolute Gasteiger partial charge is 0.508 e. The molecule has 0 fully saturated rings. The molecule has 0 saturated heterocycles. The topological polar surface area (TPSA) is 113 Å². The van der Waals surface area contributed by atoms with Crippen molar-refractivity contribution in [3.05, 3.63) is 17.7 Å². The Morgan fingerprint density at radius 2 is 1.72 bits per heavy atom. The van der Waals surface area contributed by atoms with E-state index in [0.29, 0.717) is 0 Å². The number of carbonyl (C=O) groups is 1. The van der Waals surface area contributed by atoms with Crippen molar-refractivity contribution in [2.75, 3.05) is 7.11 Å². The van der Waals surface area contributed by atoms with E-state index in [1.165, 1.54) is 21.0 Å². The van der Waals surface area contributed by atoms with Gasteiger partial charge in [-0.3, -0.25) is 4.79 Å². The summed E-state index contributed by atoms with van der Waals surface area (Å²) in [5.41, 5.74) is 4.75. The summed E-state index contributed by atoms with van der Waals surface area (Å²) in [6.45, 7) is 3.07. The van der Waals surface area contributed by atoms with E-state index in [4.69, 9.17) is 5.73 Å². The van der Waals surface area contributed by atoms with Gasteiger partial charge in [0.1, 0.15) is 17.2 Å². The minimum absolute atomic E-state index is 0.0109. The van der Waals surface area contributed by atoms with Gasteiger partial charge in [-0.2, -0.15) is 0 Å². The molecule has 0 bridgehead atoms. The van der Waals surface area contributed by atoms with Gasteiger partial charge in [-0.25, -0.2) is 0 Å². The molecule has 0 unspecified atom stereocenters. The highest BCUT2D eigenvalue weighted by Crippen LogP contribution is 2.42. The van der Waals surface area contributed by atoms with E-state index in [1.54, 1.807) is 0 Å². The smallest absolute Gasteiger partial charge is 0.313 e. The molecule has 0 amide bonds. The van der Waals surface area contributed by atoms with E-state index >= 15 is 0 Å². The Balaban J connectivity index is 3.27. The molecule has 6 heteroatoms. The summed E-state index contributed by atoms with van der Waals surface area (Å²) >= 11 is 0. The molecule has 1 atom stereocenters. The van der Waals surface area contributed by atoms with Crippen LogP contribution in [0.2, 0.25) is 0 Å². The van der Waals surface area contributed by atoms with E-state index in [-0.39, 0.29) is 22.8 Å². The average molecular weight is 255 g/mol. The van der Waals surface area contributed by atoms with Crippen LogP contribution in [0, 0.1) is 5.41 Å². The summed E-state index contributed by atoms with van der Waals surface area (Å²) in [4.78, 5) is 11.6. The molecular weight excluding hydrogens is 238 g/mol. The van der Waals surface area contributed by atoms with Crippen LogP contribution < -0.4 is 5.73 Å². The Bertz CT molecular complexity index is 447. The minimum Gasteiger partial charge on any atom is -0.508 e. The Morgan fingerprint density at radius 1 is 1.28 bits per heavy atom. The fourth-order valence-electron chi connectivity index (χ4n) is 1.68. The van der Waals surface area contributed by atoms with Crippen LogP contribution in [-0.2, 0) is 9.53 Å². The van der Waals surface area contributed by atoms with Crippen molar-refractivity contribution in [1.82, 2.24) is 0 Å². The maximum absolute atomic E-state index is 11.6. The van der Waals surface area contributed by atoms with E-state index in [2.05, 4.69) is 4.74 Å². The summed E-state index contributed by atoms with van der Waals surface area (Å²) in [6, 6.07) is 1.11. The van der Waals surface area contributed by atoms with Crippen LogP contribution in [0.3, 0.4) is 0 Å². The van der Waals surface area contributed by atoms with E-state index in [9.17, 15) is 20.1 Å². The Hall–Kier alpha value is -1.95. The van der Waals surface area contributed by atoms with Crippen molar-refractivity contribution in [2.45, 2.75) is 19.9 Å². The van der Waals surface area contributed by atoms with Crippen LogP contribution in [-0.4, -0.2) is 28.4 Å². The molecule has 1 rings (SSSR count). The monoisotopic (exact) mass is 255 g/mol. The first-order valence-electron chi connectivity index (χ1n) is 5.30. The lowest BCUT2D eigenvalue weighted by Gasteiger charge is -2.29. The van der Waals surface area contributed by atoms with Gasteiger partial charge in [-0.05, 0) is 13.8 Å². The SMILES string of the molecule is COC(=O)C(C)(C)[C@@H](N)c1c(O)cc(O)cc1O. The maximum atomic E-state index is 11.6. The predicted molar refractivity (Wildman–Crippen MR) is 64.2 cm³/mol. The average Bonchev–Trinajstić information content (AvgIpc) is 2.26. The lowest BCUT2D eigenvalue weighted by Crippen LogP contribution is -2.37. The van der Waals surface area contributed by atoms with Gasteiger partial charge in [0.25, 0.3) is 0 Å². The number of hydrogen-bond acceptors (Lipinski definition) is 6. The number of methoxy groups -OCH3 is 1. The first-order chi connectivity index (χ1) is 8.21. The van der Waals surface area contributed by atoms with Crippen molar-refractivity contribution in [2.24, 2.45) is 11.1 Å². The second-order valence-corrected chi connectivity index (χ2v) is 4.59. The predicted octanol–water partition coefficient (Wildman–Crippen LogP) is 1.00. The zero-order valence-electron chi connectivity index (χ0n) is 10.5. The van der Waals surface area contributed by atoms with Gasteiger partial charge in [-0.1, -0.05) is 0 Å². The number of esters is 1. The molecule has 0 aliphatic rings. The Kier molecular flexibility index (Phi) is 3.71. The molecule has 5 N–H and O–H groups in total. The lowest BCUT2D eigenvalue weighted by atomic mass is 9.80. The number of ether oxygens (including phenoxy) is 1. The Morgan fingerprint density at radius 3 is 2.11 bits per heavy atom. The third-order valence-electron chi connectivity index (χ3n) is 2.92. The molecule has 1 aromatic carbocycles. The highest BCUT2D eigenvalue weighted by atomic mass is 16.5. The number of hydrogen-bond donors (Lipinski definition) is 4. The molecule has 0 heterocycles. The lowest BCUT2D eigenvalue weighted by molar-refractivity contribution is -0.152. The molecule has 0 saturated carbocycles. The second-order valence-electron chi connectivity index (χ2n) is 4.59. The van der Waals surface area contributed by atoms with Crippen LogP contribution in [0.1, 0.15) is 25.5 Å². The fourth-order valence-corrected chi connectivity index (χ4v) is 1.68. The van der Waals surface area contributed by atoms with Crippen LogP contribution in [0.15, 0.2) is 12.1 Å². The van der Waals surface area contributed by atoms with Crippen LogP contribution in [0.4, 0.5) is 0 Å². The van der Waals surface area contributed by atoms with Gasteiger partial charge < -0.3 is 25.8 Å². The third-order valence-corrected chi connectivity index (χ3v) is 2.92. The second kappa shape index (κ2) is 4.73. The third kappa shape index (κ3) is 2.33. The first-order valence-corrected chi connectivity index (χ1v) is 5.30. The number of phenolic OH excluding ortho intramolecular Hbond substituents is 3. The van der Waals surface area contributed by atoms with E-state index in [1.807, 2.05) is 0 Å². The highest BCUT2D eigenvalue weighted by molar-refractivity contribution is 5.77. The molecule has 0 aliphatic carbocycles. The maximum Gasteiger partial charge on any atom is 0.313 e. The zero-order chi connectivity index (χ0) is 14.1. The van der Waals surface area contributed by atoms with Gasteiger partial charge in [-0.15, -0.1) is 0 Å². The van der Waals surface area contributed by atoms with Crippen molar-refractivity contribution in [3.8, 4) is 17.2 Å². The summed E-state index contributed by atoms with van der Waals surface area (Å²) < 4.78 is 4.63. The van der Waals surface area contributed by atoms with Gasteiger partial charge in [0.05, 0.1) is 24.1 Å². The zero-order valence-corrected chi connectivity index (χ0v) is 10.5. The van der Waals surface area contributed by atoms with Crippen molar-refractivity contribution in [3.63, 3.8) is 0 Å². The Labute approximate surface area is 105 Å². The molecule has 0 aromatic heterocycles. The standard InChI is InChI=1S/C12H17NO5/c1-12(2,11(17)18-3)10(13)9-7(15)4-6(14)5-8(9)16/h4-5,10,14-16H,13H2,1-3H3/t10-/m0/s1. The molecule has 6 nitrogen and oxygen atoms in total. The molecule has 0 aliphatic heterocycles. The molecule has 18 heavy (non-hydrogen) atoms. The summed E-state index contributed by atoms with van der Waals surface area (Å²) in [6.07, 6.45) is 0. The van der Waals surface area contributed by atoms with E-state index < -0.39 is 17.4 Å². The molecule has 0 spiro atoms. The molecular formula is C12H17NO5. The number of nitrogens with two attached hydrogens (primary N) is 1. The van der Waals surface area contributed by atoms with Crippen LogP contribution >= 0.6 is 0 Å². The van der Waals surface area contributed by atoms with Crippen molar-refractivity contribution < 1.29 is 24.9 Å². The van der Waals surface area contributed by atoms with Crippen molar-refractivity contribution >= 4 is 5.97 Å². The molecule has 100 valence electrons. The fraction of sp³-hybridized carbons (Fsp3) is 0.417. The normalized spacial score (nSPS) is 13.1. The summed E-state index contributed by atoms with van der Waals surface area (Å²) in [7, 11) is 1.23. The number of rotatable bonds is 3.